The second-order valence-electron chi connectivity index (χ2n) is 8.26. The van der Waals surface area contributed by atoms with E-state index in [1.54, 1.807) is 12.1 Å². The summed E-state index contributed by atoms with van der Waals surface area (Å²) in [7, 11) is 0. The second-order valence-corrected chi connectivity index (χ2v) is 8.26. The van der Waals surface area contributed by atoms with Gasteiger partial charge < -0.3 is 10.6 Å². The SMILES string of the molecule is CC1(C)CN(C(=O)C2(c3ccc(F)cc3)CCCCC2)CCC1N. The molecule has 1 heterocycles. The summed E-state index contributed by atoms with van der Waals surface area (Å²) in [6.07, 6.45) is 5.85. The molecular weight excluding hydrogens is 303 g/mol. The fourth-order valence-corrected chi connectivity index (χ4v) is 4.40. The number of hydrogen-bond donors (Lipinski definition) is 1. The van der Waals surface area contributed by atoms with Crippen molar-refractivity contribution in [1.29, 1.82) is 0 Å². The highest BCUT2D eigenvalue weighted by molar-refractivity contribution is 5.88. The van der Waals surface area contributed by atoms with E-state index < -0.39 is 5.41 Å². The zero-order valence-electron chi connectivity index (χ0n) is 14.9. The Morgan fingerprint density at radius 1 is 1.17 bits per heavy atom. The smallest absolute Gasteiger partial charge is 0.233 e. The van der Waals surface area contributed by atoms with E-state index in [1.807, 2.05) is 4.90 Å². The first kappa shape index (κ1) is 17.4. The maximum atomic E-state index is 13.5. The van der Waals surface area contributed by atoms with Gasteiger partial charge in [0.05, 0.1) is 5.41 Å². The Kier molecular flexibility index (Phi) is 4.69. The minimum atomic E-state index is -0.483. The summed E-state index contributed by atoms with van der Waals surface area (Å²) in [5.41, 5.74) is 6.66. The van der Waals surface area contributed by atoms with Crippen molar-refractivity contribution in [3.05, 3.63) is 35.6 Å². The van der Waals surface area contributed by atoms with Crippen molar-refractivity contribution in [2.24, 2.45) is 11.1 Å². The molecule has 1 aliphatic heterocycles. The lowest BCUT2D eigenvalue weighted by molar-refractivity contribution is -0.142. The number of rotatable bonds is 2. The standard InChI is InChI=1S/C20H29FN2O/c1-19(2)14-23(13-10-17(19)22)18(24)20(11-4-3-5-12-20)15-6-8-16(21)9-7-15/h6-9,17H,3-5,10-14,22H2,1-2H3. The van der Waals surface area contributed by atoms with Gasteiger partial charge in [-0.15, -0.1) is 0 Å². The number of nitrogens with zero attached hydrogens (tertiary/aromatic N) is 1. The number of benzene rings is 1. The van der Waals surface area contributed by atoms with Crippen LogP contribution in [0.4, 0.5) is 4.39 Å². The van der Waals surface area contributed by atoms with Crippen LogP contribution in [-0.4, -0.2) is 29.9 Å². The lowest BCUT2D eigenvalue weighted by Gasteiger charge is -2.47. The highest BCUT2D eigenvalue weighted by Gasteiger charge is 2.46. The van der Waals surface area contributed by atoms with Gasteiger partial charge in [-0.3, -0.25) is 4.79 Å². The molecule has 1 aromatic rings. The lowest BCUT2D eigenvalue weighted by Crippen LogP contribution is -2.58. The molecule has 0 aromatic heterocycles. The van der Waals surface area contributed by atoms with Crippen LogP contribution in [0.5, 0.6) is 0 Å². The van der Waals surface area contributed by atoms with Gasteiger partial charge in [-0.1, -0.05) is 45.2 Å². The van der Waals surface area contributed by atoms with E-state index in [4.69, 9.17) is 5.73 Å². The minimum absolute atomic E-state index is 0.0629. The summed E-state index contributed by atoms with van der Waals surface area (Å²) < 4.78 is 13.4. The van der Waals surface area contributed by atoms with Crippen molar-refractivity contribution in [1.82, 2.24) is 4.90 Å². The second kappa shape index (κ2) is 6.47. The van der Waals surface area contributed by atoms with Crippen LogP contribution in [0.15, 0.2) is 24.3 Å². The van der Waals surface area contributed by atoms with Crippen LogP contribution in [-0.2, 0) is 10.2 Å². The topological polar surface area (TPSA) is 46.3 Å². The van der Waals surface area contributed by atoms with Gasteiger partial charge in [0.25, 0.3) is 0 Å². The summed E-state index contributed by atoms with van der Waals surface area (Å²) >= 11 is 0. The van der Waals surface area contributed by atoms with Gasteiger partial charge in [-0.05, 0) is 42.4 Å². The molecule has 1 saturated heterocycles. The minimum Gasteiger partial charge on any atom is -0.341 e. The first-order valence-corrected chi connectivity index (χ1v) is 9.16. The van der Waals surface area contributed by atoms with E-state index in [0.717, 1.165) is 44.2 Å². The van der Waals surface area contributed by atoms with Gasteiger partial charge in [0.15, 0.2) is 0 Å². The lowest BCUT2D eigenvalue weighted by atomic mass is 9.67. The molecule has 1 aliphatic carbocycles. The van der Waals surface area contributed by atoms with E-state index in [-0.39, 0.29) is 23.2 Å². The third-order valence-corrected chi connectivity index (χ3v) is 6.11. The van der Waals surface area contributed by atoms with Gasteiger partial charge in [-0.2, -0.15) is 0 Å². The third-order valence-electron chi connectivity index (χ3n) is 6.11. The Morgan fingerprint density at radius 3 is 2.38 bits per heavy atom. The predicted molar refractivity (Wildman–Crippen MR) is 94.1 cm³/mol. The van der Waals surface area contributed by atoms with E-state index in [1.165, 1.54) is 18.6 Å². The number of halogens is 1. The van der Waals surface area contributed by atoms with Crippen molar-refractivity contribution >= 4 is 5.91 Å². The van der Waals surface area contributed by atoms with Crippen LogP contribution in [0.25, 0.3) is 0 Å². The molecule has 1 amide bonds. The molecule has 132 valence electrons. The number of carbonyl (C=O) groups is 1. The number of piperidine rings is 1. The molecule has 2 N–H and O–H groups in total. The summed E-state index contributed by atoms with van der Waals surface area (Å²) in [5.74, 6) is -0.0315. The molecule has 2 aliphatic rings. The Bertz CT molecular complexity index is 590. The van der Waals surface area contributed by atoms with Crippen LogP contribution >= 0.6 is 0 Å². The van der Waals surface area contributed by atoms with E-state index >= 15 is 0 Å². The van der Waals surface area contributed by atoms with Crippen molar-refractivity contribution in [3.8, 4) is 0 Å². The highest BCUT2D eigenvalue weighted by atomic mass is 19.1. The summed E-state index contributed by atoms with van der Waals surface area (Å²) in [5, 5.41) is 0. The molecule has 4 heteroatoms. The molecular formula is C20H29FN2O. The first-order valence-electron chi connectivity index (χ1n) is 9.16. The predicted octanol–water partition coefficient (Wildman–Crippen LogP) is 3.61. The maximum Gasteiger partial charge on any atom is 0.233 e. The molecule has 0 radical (unpaired) electrons. The van der Waals surface area contributed by atoms with Crippen molar-refractivity contribution < 1.29 is 9.18 Å². The highest BCUT2D eigenvalue weighted by Crippen LogP contribution is 2.42. The van der Waals surface area contributed by atoms with Crippen LogP contribution in [0.3, 0.4) is 0 Å². The normalized spacial score (nSPS) is 26.2. The molecule has 1 unspecified atom stereocenters. The quantitative estimate of drug-likeness (QED) is 0.899. The Balaban J connectivity index is 1.91. The fourth-order valence-electron chi connectivity index (χ4n) is 4.40. The van der Waals surface area contributed by atoms with E-state index in [2.05, 4.69) is 13.8 Å². The average Bonchev–Trinajstić information content (AvgIpc) is 2.58. The molecule has 1 aromatic carbocycles. The Hall–Kier alpha value is -1.42. The average molecular weight is 332 g/mol. The number of amides is 1. The monoisotopic (exact) mass is 332 g/mol. The summed E-state index contributed by atoms with van der Waals surface area (Å²) in [6, 6.07) is 6.71. The maximum absolute atomic E-state index is 13.5. The first-order chi connectivity index (χ1) is 11.3. The van der Waals surface area contributed by atoms with Crippen molar-refractivity contribution in [2.45, 2.75) is 63.8 Å². The van der Waals surface area contributed by atoms with Gasteiger partial charge in [0.1, 0.15) is 5.82 Å². The number of nitrogens with two attached hydrogens (primary N) is 1. The number of likely N-dealkylation sites (tertiary alicyclic amines) is 1. The molecule has 2 fully saturated rings. The van der Waals surface area contributed by atoms with Crippen molar-refractivity contribution in [3.63, 3.8) is 0 Å². The molecule has 24 heavy (non-hydrogen) atoms. The van der Waals surface area contributed by atoms with Gasteiger partial charge in [0.2, 0.25) is 5.91 Å². The molecule has 0 bridgehead atoms. The third kappa shape index (κ3) is 3.08. The molecule has 1 saturated carbocycles. The van der Waals surface area contributed by atoms with Crippen LogP contribution in [0, 0.1) is 11.2 Å². The largest absolute Gasteiger partial charge is 0.341 e. The van der Waals surface area contributed by atoms with Gasteiger partial charge in [-0.25, -0.2) is 4.39 Å². The van der Waals surface area contributed by atoms with Crippen LogP contribution < -0.4 is 5.73 Å². The van der Waals surface area contributed by atoms with Crippen LogP contribution in [0.1, 0.15) is 57.9 Å². The fraction of sp³-hybridized carbons (Fsp3) is 0.650. The summed E-state index contributed by atoms with van der Waals surface area (Å²) in [6.45, 7) is 5.72. The zero-order valence-corrected chi connectivity index (χ0v) is 14.9. The zero-order chi connectivity index (χ0) is 17.4. The Morgan fingerprint density at radius 2 is 1.79 bits per heavy atom. The summed E-state index contributed by atoms with van der Waals surface area (Å²) in [4.78, 5) is 15.6. The molecule has 1 atom stereocenters. The Labute approximate surface area is 144 Å². The number of carbonyl (C=O) groups excluding carboxylic acids is 1. The van der Waals surface area contributed by atoms with E-state index in [0.29, 0.717) is 6.54 Å². The van der Waals surface area contributed by atoms with Gasteiger partial charge in [0, 0.05) is 19.1 Å². The van der Waals surface area contributed by atoms with E-state index in [9.17, 15) is 9.18 Å². The van der Waals surface area contributed by atoms with Crippen molar-refractivity contribution in [2.75, 3.05) is 13.1 Å². The van der Waals surface area contributed by atoms with Gasteiger partial charge >= 0.3 is 0 Å². The molecule has 3 rings (SSSR count). The van der Waals surface area contributed by atoms with Crippen LogP contribution in [0.2, 0.25) is 0 Å². The number of hydrogen-bond acceptors (Lipinski definition) is 2. The molecule has 3 nitrogen and oxygen atoms in total. The molecule has 0 spiro atoms.